The fourth-order valence-corrected chi connectivity index (χ4v) is 10.7. The molecular weight excluding hydrogens is 561 g/mol. The molecule has 0 unspecified atom stereocenters. The first-order valence-electron chi connectivity index (χ1n) is 11.4. The Bertz CT molecular complexity index is 1530. The molecule has 1 fully saturated rings. The summed E-state index contributed by atoms with van der Waals surface area (Å²) in [5.41, 5.74) is -0.690. The molecule has 2 nitrogen and oxygen atoms in total. The molecule has 0 spiro atoms. The highest BCUT2D eigenvalue weighted by molar-refractivity contribution is 7.27. The van der Waals surface area contributed by atoms with Crippen LogP contribution in [0.1, 0.15) is 22.6 Å². The summed E-state index contributed by atoms with van der Waals surface area (Å²) in [6, 6.07) is 26.0. The lowest BCUT2D eigenvalue weighted by Crippen LogP contribution is -2.24. The molecule has 0 radical (unpaired) electrons. The van der Waals surface area contributed by atoms with Crippen molar-refractivity contribution in [3.05, 3.63) is 93.3 Å². The largest absolute Gasteiger partial charge is 0.447 e. The Morgan fingerprint density at radius 2 is 1.00 bits per heavy atom. The minimum Gasteiger partial charge on any atom is -0.447 e. The molecule has 8 heteroatoms. The third-order valence-electron chi connectivity index (χ3n) is 6.20. The second-order valence-corrected chi connectivity index (χ2v) is 14.6. The zero-order valence-electron chi connectivity index (χ0n) is 18.8. The third kappa shape index (κ3) is 3.97. The van der Waals surface area contributed by atoms with Crippen molar-refractivity contribution in [2.45, 2.75) is 18.4 Å². The van der Waals surface area contributed by atoms with Crippen LogP contribution in [0.5, 0.6) is 0 Å². The maximum Gasteiger partial charge on any atom is 0.307 e. The van der Waals surface area contributed by atoms with Crippen molar-refractivity contribution in [2.24, 2.45) is 0 Å². The predicted molar refractivity (Wildman–Crippen MR) is 158 cm³/mol. The monoisotopic (exact) mass is 578 g/mol. The number of hydrogen-bond donors (Lipinski definition) is 0. The van der Waals surface area contributed by atoms with E-state index in [1.54, 1.807) is 45.3 Å². The van der Waals surface area contributed by atoms with E-state index < -0.39 is 5.60 Å². The minimum absolute atomic E-state index is 0.118. The van der Waals surface area contributed by atoms with Crippen molar-refractivity contribution < 1.29 is 9.53 Å². The van der Waals surface area contributed by atoms with Crippen molar-refractivity contribution in [1.29, 1.82) is 0 Å². The lowest BCUT2D eigenvalue weighted by atomic mass is 9.96. The molecule has 0 saturated carbocycles. The average molecular weight is 579 g/mol. The van der Waals surface area contributed by atoms with Crippen molar-refractivity contribution in [2.75, 3.05) is 0 Å². The molecule has 0 amide bonds. The third-order valence-corrected chi connectivity index (χ3v) is 13.4. The van der Waals surface area contributed by atoms with Gasteiger partial charge in [-0.15, -0.1) is 68.0 Å². The summed E-state index contributed by atoms with van der Waals surface area (Å²) in [6.45, 7) is 0. The average Bonchev–Trinajstić information content (AvgIpc) is 3.74. The fourth-order valence-electron chi connectivity index (χ4n) is 4.46. The molecule has 7 rings (SSSR count). The molecule has 6 aromatic heterocycles. The second-order valence-electron chi connectivity index (χ2n) is 8.41. The SMILES string of the molecule is O=C1CCC(c2ccc(-c3ccc(-c4cccs4)s3)s2)(c2ccc(-c3ccc(-c4cccs4)s3)s2)O1. The normalized spacial score (nSPS) is 14.9. The summed E-state index contributed by atoms with van der Waals surface area (Å²) in [5.74, 6) is -0.118. The maximum atomic E-state index is 12.4. The van der Waals surface area contributed by atoms with Crippen LogP contribution in [0, 0.1) is 0 Å². The van der Waals surface area contributed by atoms with E-state index in [9.17, 15) is 4.79 Å². The van der Waals surface area contributed by atoms with E-state index in [-0.39, 0.29) is 5.97 Å². The molecule has 1 aliphatic heterocycles. The van der Waals surface area contributed by atoms with Crippen LogP contribution in [0.25, 0.3) is 39.0 Å². The fraction of sp³-hybridized carbons (Fsp3) is 0.107. The van der Waals surface area contributed by atoms with Gasteiger partial charge in [0.25, 0.3) is 0 Å². The van der Waals surface area contributed by atoms with Crippen LogP contribution in [-0.2, 0) is 15.1 Å². The van der Waals surface area contributed by atoms with Crippen molar-refractivity contribution in [1.82, 2.24) is 0 Å². The Morgan fingerprint density at radius 1 is 0.556 bits per heavy atom. The first-order valence-corrected chi connectivity index (χ1v) is 16.4. The van der Waals surface area contributed by atoms with Crippen molar-refractivity contribution in [3.63, 3.8) is 0 Å². The number of thiophene rings is 6. The Balaban J connectivity index is 1.22. The molecule has 0 N–H and O–H groups in total. The number of ether oxygens (including phenoxy) is 1. The predicted octanol–water partition coefficient (Wildman–Crippen LogP) is 10.3. The number of esters is 1. The molecular formula is C28H18O2S6. The topological polar surface area (TPSA) is 26.3 Å². The highest BCUT2D eigenvalue weighted by Crippen LogP contribution is 2.51. The summed E-state index contributed by atoms with van der Waals surface area (Å²) in [4.78, 5) is 24.7. The van der Waals surface area contributed by atoms with Crippen molar-refractivity contribution >= 4 is 74.0 Å². The van der Waals surface area contributed by atoms with Gasteiger partial charge in [0.05, 0.1) is 16.2 Å². The molecule has 6 aromatic rings. The number of carbonyl (C=O) groups is 1. The number of hydrogen-bond acceptors (Lipinski definition) is 8. The Labute approximate surface area is 232 Å². The maximum absolute atomic E-state index is 12.4. The van der Waals surface area contributed by atoms with Gasteiger partial charge in [0.2, 0.25) is 0 Å². The van der Waals surface area contributed by atoms with E-state index in [2.05, 4.69) is 83.6 Å². The van der Waals surface area contributed by atoms with Gasteiger partial charge in [-0.3, -0.25) is 4.79 Å². The highest BCUT2D eigenvalue weighted by Gasteiger charge is 2.46. The van der Waals surface area contributed by atoms with Gasteiger partial charge in [-0.05, 0) is 71.4 Å². The minimum atomic E-state index is -0.690. The molecule has 7 heterocycles. The van der Waals surface area contributed by atoms with E-state index >= 15 is 0 Å². The molecule has 1 aliphatic rings. The van der Waals surface area contributed by atoms with Crippen LogP contribution in [0.3, 0.4) is 0 Å². The van der Waals surface area contributed by atoms with E-state index in [0.29, 0.717) is 12.8 Å². The summed E-state index contributed by atoms with van der Waals surface area (Å²) < 4.78 is 6.14. The van der Waals surface area contributed by atoms with Crippen LogP contribution >= 0.6 is 68.0 Å². The second kappa shape index (κ2) is 9.20. The van der Waals surface area contributed by atoms with Gasteiger partial charge in [0.1, 0.15) is 0 Å². The molecule has 0 aromatic carbocycles. The molecule has 1 saturated heterocycles. The summed E-state index contributed by atoms with van der Waals surface area (Å²) >= 11 is 10.7. The summed E-state index contributed by atoms with van der Waals surface area (Å²) in [6.07, 6.45) is 1.13. The molecule has 0 atom stereocenters. The van der Waals surface area contributed by atoms with Crippen LogP contribution < -0.4 is 0 Å². The Hall–Kier alpha value is -2.33. The lowest BCUT2D eigenvalue weighted by Gasteiger charge is -2.25. The quantitative estimate of drug-likeness (QED) is 0.184. The zero-order chi connectivity index (χ0) is 24.1. The molecule has 0 aliphatic carbocycles. The number of rotatable bonds is 6. The first kappa shape index (κ1) is 22.8. The van der Waals surface area contributed by atoms with Crippen LogP contribution in [-0.4, -0.2) is 5.97 Å². The van der Waals surface area contributed by atoms with E-state index in [0.717, 1.165) is 9.75 Å². The van der Waals surface area contributed by atoms with Gasteiger partial charge in [0.15, 0.2) is 5.60 Å². The highest BCUT2D eigenvalue weighted by atomic mass is 32.1. The van der Waals surface area contributed by atoms with E-state index in [1.807, 2.05) is 22.7 Å². The zero-order valence-corrected chi connectivity index (χ0v) is 23.7. The Kier molecular flexibility index (Phi) is 5.84. The van der Waals surface area contributed by atoms with Crippen LogP contribution in [0.2, 0.25) is 0 Å². The van der Waals surface area contributed by atoms with E-state index in [1.165, 1.54) is 39.0 Å². The van der Waals surface area contributed by atoms with Gasteiger partial charge in [0, 0.05) is 45.4 Å². The molecule has 36 heavy (non-hydrogen) atoms. The van der Waals surface area contributed by atoms with Crippen molar-refractivity contribution in [3.8, 4) is 39.0 Å². The smallest absolute Gasteiger partial charge is 0.307 e. The van der Waals surface area contributed by atoms with Gasteiger partial charge >= 0.3 is 5.97 Å². The van der Waals surface area contributed by atoms with E-state index in [4.69, 9.17) is 4.74 Å². The molecule has 178 valence electrons. The standard InChI is InChI=1S/C28H18O2S6/c29-27-13-14-28(30-27,25-11-9-23(35-25)21-7-5-19(33-21)17-3-1-15-31-17)26-12-10-24(36-26)22-8-6-20(34-22)18-4-2-16-32-18/h1-12,15-16H,13-14H2. The van der Waals surface area contributed by atoms with Gasteiger partial charge in [-0.25, -0.2) is 0 Å². The Morgan fingerprint density at radius 3 is 1.42 bits per heavy atom. The summed E-state index contributed by atoms with van der Waals surface area (Å²) in [5, 5.41) is 4.23. The number of carbonyl (C=O) groups excluding carboxylic acids is 1. The van der Waals surface area contributed by atoms with Gasteiger partial charge < -0.3 is 4.74 Å². The first-order chi connectivity index (χ1) is 17.7. The lowest BCUT2D eigenvalue weighted by molar-refractivity contribution is -0.145. The van der Waals surface area contributed by atoms with Crippen LogP contribution in [0.4, 0.5) is 0 Å². The summed E-state index contributed by atoms with van der Waals surface area (Å²) in [7, 11) is 0. The van der Waals surface area contributed by atoms with Crippen LogP contribution in [0.15, 0.2) is 83.6 Å². The molecule has 0 bridgehead atoms. The number of cyclic esters (lactones) is 1. The van der Waals surface area contributed by atoms with Gasteiger partial charge in [-0.1, -0.05) is 12.1 Å². The van der Waals surface area contributed by atoms with Gasteiger partial charge in [-0.2, -0.15) is 0 Å².